The van der Waals surface area contributed by atoms with Gasteiger partial charge in [-0.2, -0.15) is 0 Å². The van der Waals surface area contributed by atoms with Crippen LogP contribution in [0.2, 0.25) is 0 Å². The van der Waals surface area contributed by atoms with E-state index in [4.69, 9.17) is 4.74 Å². The summed E-state index contributed by atoms with van der Waals surface area (Å²) in [6.45, 7) is 6.11. The van der Waals surface area contributed by atoms with E-state index in [2.05, 4.69) is 5.32 Å². The lowest BCUT2D eigenvalue weighted by Gasteiger charge is -2.22. The van der Waals surface area contributed by atoms with E-state index in [0.717, 1.165) is 11.3 Å². The second-order valence-corrected chi connectivity index (χ2v) is 6.59. The fourth-order valence-electron chi connectivity index (χ4n) is 2.78. The van der Waals surface area contributed by atoms with Gasteiger partial charge in [0.1, 0.15) is 12.4 Å². The van der Waals surface area contributed by atoms with Crippen LogP contribution in [0.1, 0.15) is 19.4 Å². The molecule has 2 aromatic carbocycles. The zero-order chi connectivity index (χ0) is 20.4. The number of rotatable bonds is 10. The van der Waals surface area contributed by atoms with Crippen molar-refractivity contribution in [2.75, 3.05) is 38.5 Å². The van der Waals surface area contributed by atoms with Crippen LogP contribution < -0.4 is 10.1 Å². The first-order valence-electron chi connectivity index (χ1n) is 9.54. The Morgan fingerprint density at radius 1 is 0.929 bits per heavy atom. The molecular formula is C22H29N3O3. The molecule has 0 aliphatic carbocycles. The van der Waals surface area contributed by atoms with E-state index in [0.29, 0.717) is 25.4 Å². The SMILES string of the molecule is CCN(CC)C(=O)CN(C)CC(=O)Nc1ccc(OCc2ccccc2)cc1. The molecular weight excluding hydrogens is 354 g/mol. The zero-order valence-electron chi connectivity index (χ0n) is 16.9. The normalized spacial score (nSPS) is 10.6. The number of ether oxygens (including phenoxy) is 1. The van der Waals surface area contributed by atoms with Gasteiger partial charge in [-0.3, -0.25) is 14.5 Å². The van der Waals surface area contributed by atoms with Crippen molar-refractivity contribution >= 4 is 17.5 Å². The van der Waals surface area contributed by atoms with Gasteiger partial charge in [0.15, 0.2) is 0 Å². The van der Waals surface area contributed by atoms with Gasteiger partial charge in [0, 0.05) is 18.8 Å². The minimum atomic E-state index is -0.159. The summed E-state index contributed by atoms with van der Waals surface area (Å²) in [6.07, 6.45) is 0. The van der Waals surface area contributed by atoms with Crippen LogP contribution >= 0.6 is 0 Å². The Kier molecular flexibility index (Phi) is 8.49. The van der Waals surface area contributed by atoms with E-state index < -0.39 is 0 Å². The maximum Gasteiger partial charge on any atom is 0.238 e. The van der Waals surface area contributed by atoms with Crippen LogP contribution in [0.3, 0.4) is 0 Å². The maximum atomic E-state index is 12.2. The molecule has 2 amide bonds. The maximum absolute atomic E-state index is 12.2. The highest BCUT2D eigenvalue weighted by molar-refractivity contribution is 5.92. The summed E-state index contributed by atoms with van der Waals surface area (Å²) < 4.78 is 5.74. The molecule has 0 heterocycles. The number of hydrogen-bond acceptors (Lipinski definition) is 4. The third-order valence-corrected chi connectivity index (χ3v) is 4.32. The monoisotopic (exact) mass is 383 g/mol. The third kappa shape index (κ3) is 7.04. The molecule has 2 aromatic rings. The van der Waals surface area contributed by atoms with Crippen LogP contribution in [-0.4, -0.2) is 54.8 Å². The van der Waals surface area contributed by atoms with E-state index in [1.54, 1.807) is 29.0 Å². The van der Waals surface area contributed by atoms with Gasteiger partial charge < -0.3 is 15.0 Å². The number of carbonyl (C=O) groups is 2. The van der Waals surface area contributed by atoms with Crippen LogP contribution in [0.4, 0.5) is 5.69 Å². The summed E-state index contributed by atoms with van der Waals surface area (Å²) in [5.41, 5.74) is 1.79. The molecule has 0 radical (unpaired) electrons. The molecule has 6 heteroatoms. The predicted molar refractivity (Wildman–Crippen MR) is 111 cm³/mol. The lowest BCUT2D eigenvalue weighted by Crippen LogP contribution is -2.41. The number of hydrogen-bond donors (Lipinski definition) is 1. The number of anilines is 1. The standard InChI is InChI=1S/C22H29N3O3/c1-4-25(5-2)22(27)16-24(3)15-21(26)23-19-11-13-20(14-12-19)28-17-18-9-7-6-8-10-18/h6-14H,4-5,15-17H2,1-3H3,(H,23,26). The van der Waals surface area contributed by atoms with Crippen LogP contribution in [0.5, 0.6) is 5.75 Å². The molecule has 2 rings (SSSR count). The van der Waals surface area contributed by atoms with Crippen molar-refractivity contribution in [3.05, 3.63) is 60.2 Å². The van der Waals surface area contributed by atoms with E-state index in [9.17, 15) is 9.59 Å². The lowest BCUT2D eigenvalue weighted by atomic mass is 10.2. The van der Waals surface area contributed by atoms with Crippen molar-refractivity contribution in [3.63, 3.8) is 0 Å². The average Bonchev–Trinajstić information content (AvgIpc) is 2.69. The van der Waals surface area contributed by atoms with Crippen LogP contribution in [-0.2, 0) is 16.2 Å². The Bertz CT molecular complexity index is 743. The second-order valence-electron chi connectivity index (χ2n) is 6.59. The van der Waals surface area contributed by atoms with Gasteiger partial charge in [-0.1, -0.05) is 30.3 Å². The molecule has 1 N–H and O–H groups in total. The first-order chi connectivity index (χ1) is 13.5. The van der Waals surface area contributed by atoms with Gasteiger partial charge in [-0.05, 0) is 50.7 Å². The molecule has 0 fully saturated rings. The topological polar surface area (TPSA) is 61.9 Å². The van der Waals surface area contributed by atoms with Crippen LogP contribution in [0, 0.1) is 0 Å². The number of likely N-dealkylation sites (N-methyl/N-ethyl adjacent to an activating group) is 2. The minimum Gasteiger partial charge on any atom is -0.489 e. The molecule has 0 saturated carbocycles. The van der Waals surface area contributed by atoms with E-state index >= 15 is 0 Å². The highest BCUT2D eigenvalue weighted by atomic mass is 16.5. The van der Waals surface area contributed by atoms with Gasteiger partial charge >= 0.3 is 0 Å². The van der Waals surface area contributed by atoms with Crippen molar-refractivity contribution in [2.45, 2.75) is 20.5 Å². The van der Waals surface area contributed by atoms with Crippen molar-refractivity contribution in [1.82, 2.24) is 9.80 Å². The smallest absolute Gasteiger partial charge is 0.238 e. The van der Waals surface area contributed by atoms with Gasteiger partial charge in [-0.15, -0.1) is 0 Å². The summed E-state index contributed by atoms with van der Waals surface area (Å²) in [5.74, 6) is 0.608. The quantitative estimate of drug-likeness (QED) is 0.685. The molecule has 0 bridgehead atoms. The van der Waals surface area contributed by atoms with Crippen molar-refractivity contribution < 1.29 is 14.3 Å². The van der Waals surface area contributed by atoms with Gasteiger partial charge in [-0.25, -0.2) is 0 Å². The molecule has 0 aromatic heterocycles. The zero-order valence-corrected chi connectivity index (χ0v) is 16.9. The molecule has 0 aliphatic heterocycles. The van der Waals surface area contributed by atoms with Crippen molar-refractivity contribution in [2.24, 2.45) is 0 Å². The van der Waals surface area contributed by atoms with Crippen LogP contribution in [0.15, 0.2) is 54.6 Å². The molecule has 28 heavy (non-hydrogen) atoms. The Balaban J connectivity index is 1.78. The minimum absolute atomic E-state index is 0.0280. The van der Waals surface area contributed by atoms with Crippen molar-refractivity contribution in [3.8, 4) is 5.75 Å². The summed E-state index contributed by atoms with van der Waals surface area (Å²) in [6, 6.07) is 17.2. The Morgan fingerprint density at radius 2 is 1.57 bits per heavy atom. The molecule has 0 saturated heterocycles. The van der Waals surface area contributed by atoms with Crippen LogP contribution in [0.25, 0.3) is 0 Å². The first kappa shape index (κ1) is 21.4. The molecule has 0 unspecified atom stereocenters. The highest BCUT2D eigenvalue weighted by Crippen LogP contribution is 2.17. The van der Waals surface area contributed by atoms with Gasteiger partial charge in [0.25, 0.3) is 0 Å². The number of nitrogens with zero attached hydrogens (tertiary/aromatic N) is 2. The van der Waals surface area contributed by atoms with Gasteiger partial charge in [0.2, 0.25) is 11.8 Å². The molecule has 6 nitrogen and oxygen atoms in total. The molecule has 150 valence electrons. The number of carbonyl (C=O) groups excluding carboxylic acids is 2. The Labute approximate surface area is 167 Å². The molecule has 0 aliphatic rings. The number of benzene rings is 2. The summed E-state index contributed by atoms with van der Waals surface area (Å²) in [5, 5.41) is 2.84. The fourth-order valence-corrected chi connectivity index (χ4v) is 2.78. The number of nitrogens with one attached hydrogen (secondary N) is 1. The largest absolute Gasteiger partial charge is 0.489 e. The van der Waals surface area contributed by atoms with E-state index in [-0.39, 0.29) is 24.9 Å². The van der Waals surface area contributed by atoms with E-state index in [1.165, 1.54) is 0 Å². The average molecular weight is 383 g/mol. The summed E-state index contributed by atoms with van der Waals surface area (Å²) in [7, 11) is 1.77. The molecule has 0 atom stereocenters. The molecule has 0 spiro atoms. The first-order valence-corrected chi connectivity index (χ1v) is 9.54. The Hall–Kier alpha value is -2.86. The Morgan fingerprint density at radius 3 is 2.18 bits per heavy atom. The predicted octanol–water partition coefficient (Wildman–Crippen LogP) is 3.00. The second kappa shape index (κ2) is 11.1. The summed E-state index contributed by atoms with van der Waals surface area (Å²) in [4.78, 5) is 27.8. The third-order valence-electron chi connectivity index (χ3n) is 4.32. The fraction of sp³-hybridized carbons (Fsp3) is 0.364. The van der Waals surface area contributed by atoms with Crippen molar-refractivity contribution in [1.29, 1.82) is 0 Å². The summed E-state index contributed by atoms with van der Waals surface area (Å²) >= 11 is 0. The number of amides is 2. The lowest BCUT2D eigenvalue weighted by molar-refractivity contribution is -0.132. The van der Waals surface area contributed by atoms with E-state index in [1.807, 2.05) is 56.3 Å². The highest BCUT2D eigenvalue weighted by Gasteiger charge is 2.14. The van der Waals surface area contributed by atoms with Gasteiger partial charge in [0.05, 0.1) is 13.1 Å².